The molecule has 1 fully saturated rings. The molecule has 0 spiro atoms. The van der Waals surface area contributed by atoms with Gasteiger partial charge >= 0.3 is 0 Å². The van der Waals surface area contributed by atoms with Gasteiger partial charge < -0.3 is 0 Å². The van der Waals surface area contributed by atoms with Gasteiger partial charge in [0.1, 0.15) is 0 Å². The molecule has 1 rings (SSSR count). The summed E-state index contributed by atoms with van der Waals surface area (Å²) in [4.78, 5) is 0. The van der Waals surface area contributed by atoms with E-state index in [1.54, 1.807) is 0 Å². The van der Waals surface area contributed by atoms with Crippen molar-refractivity contribution in [1.29, 1.82) is 0 Å². The first kappa shape index (κ1) is 8.10. The van der Waals surface area contributed by atoms with E-state index in [9.17, 15) is 0 Å². The summed E-state index contributed by atoms with van der Waals surface area (Å²) in [5.74, 6) is 0. The molecule has 0 aromatic heterocycles. The molecule has 0 amide bonds. The molecule has 1 radical (unpaired) electrons. The lowest BCUT2D eigenvalue weighted by Gasteiger charge is -2.45. The molecule has 59 valence electrons. The van der Waals surface area contributed by atoms with E-state index in [0.717, 1.165) is 0 Å². The van der Waals surface area contributed by atoms with Gasteiger partial charge in [-0.05, 0) is 36.5 Å². The molecule has 1 aliphatic rings. The molecule has 0 aliphatic heterocycles. The summed E-state index contributed by atoms with van der Waals surface area (Å²) in [7, 11) is 0. The van der Waals surface area contributed by atoms with E-state index in [2.05, 4.69) is 34.1 Å². The van der Waals surface area contributed by atoms with Crippen LogP contribution >= 0.6 is 0 Å². The molecule has 0 aromatic rings. The number of hydrogen-bond acceptors (Lipinski definition) is 0. The largest absolute Gasteiger partial charge is 0.0594 e. The highest BCUT2D eigenvalue weighted by molar-refractivity contribution is 4.95. The van der Waals surface area contributed by atoms with Crippen molar-refractivity contribution >= 4 is 0 Å². The second-order valence-corrected chi connectivity index (χ2v) is 4.80. The van der Waals surface area contributed by atoms with Crippen LogP contribution in [0.3, 0.4) is 0 Å². The van der Waals surface area contributed by atoms with Gasteiger partial charge in [0, 0.05) is 0 Å². The van der Waals surface area contributed by atoms with Crippen molar-refractivity contribution in [3.63, 3.8) is 0 Å². The summed E-state index contributed by atoms with van der Waals surface area (Å²) in [6, 6.07) is 0. The maximum Gasteiger partial charge on any atom is -0.0300 e. The lowest BCUT2D eigenvalue weighted by molar-refractivity contribution is 0.0742. The van der Waals surface area contributed by atoms with Gasteiger partial charge in [-0.25, -0.2) is 0 Å². The SMILES string of the molecule is CC1(C)C[CH]CCC1(C)C. The number of hydrogen-bond donors (Lipinski definition) is 0. The summed E-state index contributed by atoms with van der Waals surface area (Å²) in [5.41, 5.74) is 1.06. The van der Waals surface area contributed by atoms with Crippen LogP contribution in [0.1, 0.15) is 47.0 Å². The van der Waals surface area contributed by atoms with Crippen molar-refractivity contribution in [3.05, 3.63) is 6.42 Å². The quantitative estimate of drug-likeness (QED) is 0.482. The van der Waals surface area contributed by atoms with Gasteiger partial charge in [0.15, 0.2) is 0 Å². The zero-order chi connectivity index (χ0) is 7.83. The molecule has 0 bridgehead atoms. The Bertz CT molecular complexity index is 104. The first-order chi connectivity index (χ1) is 4.46. The highest BCUT2D eigenvalue weighted by Crippen LogP contribution is 2.49. The molecule has 0 atom stereocenters. The molecular formula is C10H19. The summed E-state index contributed by atoms with van der Waals surface area (Å²) in [6.07, 6.45) is 6.40. The maximum absolute atomic E-state index is 2.44. The van der Waals surface area contributed by atoms with E-state index in [0.29, 0.717) is 10.8 Å². The molecule has 10 heavy (non-hydrogen) atoms. The molecule has 0 saturated heterocycles. The Morgan fingerprint density at radius 3 is 1.90 bits per heavy atom. The normalized spacial score (nSPS) is 30.0. The summed E-state index contributed by atoms with van der Waals surface area (Å²) in [5, 5.41) is 0. The van der Waals surface area contributed by atoms with Gasteiger partial charge in [-0.15, -0.1) is 0 Å². The lowest BCUT2D eigenvalue weighted by atomic mass is 9.60. The van der Waals surface area contributed by atoms with E-state index in [1.807, 2.05) is 0 Å². The van der Waals surface area contributed by atoms with Crippen molar-refractivity contribution in [2.24, 2.45) is 10.8 Å². The predicted octanol–water partition coefficient (Wildman–Crippen LogP) is 3.43. The minimum absolute atomic E-state index is 0.519. The van der Waals surface area contributed by atoms with E-state index < -0.39 is 0 Å². The van der Waals surface area contributed by atoms with Crippen LogP contribution in [0.15, 0.2) is 0 Å². The van der Waals surface area contributed by atoms with Crippen molar-refractivity contribution in [2.75, 3.05) is 0 Å². The van der Waals surface area contributed by atoms with Gasteiger partial charge in [0.2, 0.25) is 0 Å². The molecule has 0 nitrogen and oxygen atoms in total. The van der Waals surface area contributed by atoms with E-state index in [-0.39, 0.29) is 0 Å². The van der Waals surface area contributed by atoms with Gasteiger partial charge in [-0.2, -0.15) is 0 Å². The summed E-state index contributed by atoms with van der Waals surface area (Å²) >= 11 is 0. The van der Waals surface area contributed by atoms with Gasteiger partial charge in [-0.3, -0.25) is 0 Å². The standard InChI is InChI=1S/C10H19/c1-9(2)7-5-6-8-10(9,3)4/h5H,6-8H2,1-4H3. The second-order valence-electron chi connectivity index (χ2n) is 4.80. The highest BCUT2D eigenvalue weighted by atomic mass is 14.4. The molecule has 0 N–H and O–H groups in total. The monoisotopic (exact) mass is 139 g/mol. The average Bonchev–Trinajstić information content (AvgIpc) is 1.77. The molecule has 1 aliphatic carbocycles. The Kier molecular flexibility index (Phi) is 1.82. The average molecular weight is 139 g/mol. The summed E-state index contributed by atoms with van der Waals surface area (Å²) < 4.78 is 0. The Labute approximate surface area is 65.0 Å². The summed E-state index contributed by atoms with van der Waals surface area (Å²) in [6.45, 7) is 9.53. The van der Waals surface area contributed by atoms with Gasteiger partial charge in [0.05, 0.1) is 0 Å². The molecule has 0 heteroatoms. The van der Waals surface area contributed by atoms with Crippen LogP contribution in [0.25, 0.3) is 0 Å². The Balaban J connectivity index is 2.70. The lowest BCUT2D eigenvalue weighted by Crippen LogP contribution is -2.35. The van der Waals surface area contributed by atoms with Crippen LogP contribution in [0, 0.1) is 17.3 Å². The highest BCUT2D eigenvalue weighted by Gasteiger charge is 2.38. The van der Waals surface area contributed by atoms with Crippen LogP contribution in [-0.2, 0) is 0 Å². The fourth-order valence-electron chi connectivity index (χ4n) is 1.54. The van der Waals surface area contributed by atoms with Crippen LogP contribution in [-0.4, -0.2) is 0 Å². The van der Waals surface area contributed by atoms with Crippen LogP contribution < -0.4 is 0 Å². The zero-order valence-electron chi connectivity index (χ0n) is 7.70. The van der Waals surface area contributed by atoms with Crippen molar-refractivity contribution < 1.29 is 0 Å². The molecule has 0 heterocycles. The van der Waals surface area contributed by atoms with Gasteiger partial charge in [-0.1, -0.05) is 27.7 Å². The third-order valence-corrected chi connectivity index (χ3v) is 3.46. The van der Waals surface area contributed by atoms with Crippen LogP contribution in [0.5, 0.6) is 0 Å². The van der Waals surface area contributed by atoms with Crippen molar-refractivity contribution in [1.82, 2.24) is 0 Å². The maximum atomic E-state index is 2.44. The zero-order valence-corrected chi connectivity index (χ0v) is 7.70. The second kappa shape index (κ2) is 2.25. The Morgan fingerprint density at radius 2 is 1.60 bits per heavy atom. The molecule has 0 aromatic carbocycles. The predicted molar refractivity (Wildman–Crippen MR) is 45.7 cm³/mol. The van der Waals surface area contributed by atoms with E-state index >= 15 is 0 Å². The van der Waals surface area contributed by atoms with E-state index in [1.165, 1.54) is 19.3 Å². The van der Waals surface area contributed by atoms with Crippen LogP contribution in [0.2, 0.25) is 0 Å². The Hall–Kier alpha value is 0. The van der Waals surface area contributed by atoms with Gasteiger partial charge in [0.25, 0.3) is 0 Å². The molecule has 0 unspecified atom stereocenters. The first-order valence-corrected chi connectivity index (χ1v) is 4.27. The fourth-order valence-corrected chi connectivity index (χ4v) is 1.54. The van der Waals surface area contributed by atoms with Crippen molar-refractivity contribution in [3.8, 4) is 0 Å². The Morgan fingerprint density at radius 1 is 1.00 bits per heavy atom. The third kappa shape index (κ3) is 1.21. The molecule has 1 saturated carbocycles. The first-order valence-electron chi connectivity index (χ1n) is 4.27. The topological polar surface area (TPSA) is 0 Å². The third-order valence-electron chi connectivity index (χ3n) is 3.46. The fraction of sp³-hybridized carbons (Fsp3) is 0.900. The van der Waals surface area contributed by atoms with Crippen molar-refractivity contribution in [2.45, 2.75) is 47.0 Å². The van der Waals surface area contributed by atoms with Crippen LogP contribution in [0.4, 0.5) is 0 Å². The van der Waals surface area contributed by atoms with E-state index in [4.69, 9.17) is 0 Å². The minimum atomic E-state index is 0.519. The number of rotatable bonds is 0. The molecular weight excluding hydrogens is 120 g/mol. The smallest absolute Gasteiger partial charge is 0.0300 e. The minimum Gasteiger partial charge on any atom is -0.0594 e.